The summed E-state index contributed by atoms with van der Waals surface area (Å²) < 4.78 is 23.1. The summed E-state index contributed by atoms with van der Waals surface area (Å²) in [6, 6.07) is 0.138. The maximum absolute atomic E-state index is 11.5. The first-order valence-corrected chi connectivity index (χ1v) is 8.20. The maximum Gasteiger partial charge on any atom is 0.154 e. The minimum absolute atomic E-state index is 0.0798. The fraction of sp³-hybridized carbons (Fsp3) is 1.00. The molecule has 3 unspecified atom stereocenters. The van der Waals surface area contributed by atoms with Gasteiger partial charge >= 0.3 is 0 Å². The predicted octanol–water partition coefficient (Wildman–Crippen LogP) is -0.652. The number of nitrogens with two attached hydrogens (primary N) is 1. The monoisotopic (exact) mass is 262 g/mol. The lowest BCUT2D eigenvalue weighted by Gasteiger charge is -2.40. The van der Waals surface area contributed by atoms with Gasteiger partial charge in [-0.05, 0) is 32.4 Å². The largest absolute Gasteiger partial charge is 0.390 e. The average Bonchev–Trinajstić information content (AvgIpc) is 2.53. The van der Waals surface area contributed by atoms with Crippen molar-refractivity contribution in [1.29, 1.82) is 0 Å². The Hall–Kier alpha value is -0.170. The van der Waals surface area contributed by atoms with Gasteiger partial charge in [-0.2, -0.15) is 0 Å². The summed E-state index contributed by atoms with van der Waals surface area (Å²) in [5.74, 6) is 0.0265. The summed E-state index contributed by atoms with van der Waals surface area (Å²) in [4.78, 5) is 2.19. The summed E-state index contributed by atoms with van der Waals surface area (Å²) in [6.07, 6.45) is 3.50. The van der Waals surface area contributed by atoms with Crippen molar-refractivity contribution in [3.63, 3.8) is 0 Å². The second-order valence-electron chi connectivity index (χ2n) is 5.18. The minimum Gasteiger partial charge on any atom is -0.390 e. The number of hydrogen-bond donors (Lipinski definition) is 2. The zero-order valence-corrected chi connectivity index (χ0v) is 10.9. The van der Waals surface area contributed by atoms with Crippen molar-refractivity contribution in [1.82, 2.24) is 4.90 Å². The lowest BCUT2D eigenvalue weighted by molar-refractivity contribution is 0.0324. The molecule has 3 atom stereocenters. The highest BCUT2D eigenvalue weighted by molar-refractivity contribution is 7.91. The van der Waals surface area contributed by atoms with Crippen LogP contribution in [0.3, 0.4) is 0 Å². The number of sulfone groups is 1. The van der Waals surface area contributed by atoms with Crippen molar-refractivity contribution in [2.45, 2.75) is 43.9 Å². The Balaban J connectivity index is 2.09. The molecule has 0 aliphatic carbocycles. The second kappa shape index (κ2) is 5.22. The van der Waals surface area contributed by atoms with Gasteiger partial charge in [0.15, 0.2) is 9.84 Å². The van der Waals surface area contributed by atoms with E-state index in [9.17, 15) is 13.5 Å². The van der Waals surface area contributed by atoms with Gasteiger partial charge in [0.1, 0.15) is 0 Å². The quantitative estimate of drug-likeness (QED) is 0.706. The van der Waals surface area contributed by atoms with Crippen molar-refractivity contribution in [3.05, 3.63) is 0 Å². The van der Waals surface area contributed by atoms with Crippen LogP contribution in [0.15, 0.2) is 0 Å². The van der Waals surface area contributed by atoms with E-state index < -0.39 is 15.9 Å². The molecule has 5 nitrogen and oxygen atoms in total. The molecule has 6 heteroatoms. The van der Waals surface area contributed by atoms with E-state index in [2.05, 4.69) is 4.90 Å². The van der Waals surface area contributed by atoms with Crippen LogP contribution in [0.5, 0.6) is 0 Å². The Labute approximate surface area is 103 Å². The number of hydrogen-bond acceptors (Lipinski definition) is 5. The number of aliphatic hydroxyl groups is 1. The molecule has 0 aromatic rings. The molecule has 0 saturated carbocycles. The summed E-state index contributed by atoms with van der Waals surface area (Å²) >= 11 is 0. The van der Waals surface area contributed by atoms with E-state index in [1.807, 2.05) is 0 Å². The molecule has 2 aliphatic heterocycles. The van der Waals surface area contributed by atoms with Crippen LogP contribution in [-0.2, 0) is 9.84 Å². The molecule has 2 aliphatic rings. The third-order valence-electron chi connectivity index (χ3n) is 3.89. The SMILES string of the molecule is NCCC1CCCCN1C1CS(=O)(=O)CC1O. The molecule has 2 fully saturated rings. The standard InChI is InChI=1S/C11H22N2O3S/c12-5-4-9-3-1-2-6-13(9)10-7-17(15,16)8-11(10)14/h9-11,14H,1-8,12H2. The number of rotatable bonds is 3. The molecular formula is C11H22N2O3S. The van der Waals surface area contributed by atoms with Crippen molar-refractivity contribution in [3.8, 4) is 0 Å². The highest BCUT2D eigenvalue weighted by Gasteiger charge is 2.42. The Morgan fingerprint density at radius 3 is 2.65 bits per heavy atom. The topological polar surface area (TPSA) is 83.6 Å². The fourth-order valence-electron chi connectivity index (χ4n) is 3.09. The number of piperidine rings is 1. The summed E-state index contributed by atoms with van der Waals surface area (Å²) in [5, 5.41) is 9.91. The Bertz CT molecular complexity index is 356. The third kappa shape index (κ3) is 2.99. The van der Waals surface area contributed by atoms with Crippen LogP contribution in [0, 0.1) is 0 Å². The van der Waals surface area contributed by atoms with Gasteiger partial charge in [-0.3, -0.25) is 4.90 Å². The second-order valence-corrected chi connectivity index (χ2v) is 7.33. The van der Waals surface area contributed by atoms with Crippen molar-refractivity contribution < 1.29 is 13.5 Å². The van der Waals surface area contributed by atoms with E-state index in [4.69, 9.17) is 5.73 Å². The number of nitrogens with zero attached hydrogens (tertiary/aromatic N) is 1. The normalized spacial score (nSPS) is 38.4. The molecule has 0 radical (unpaired) electrons. The van der Waals surface area contributed by atoms with Gasteiger partial charge in [0.2, 0.25) is 0 Å². The molecule has 0 aromatic carbocycles. The Morgan fingerprint density at radius 2 is 2.06 bits per heavy atom. The van der Waals surface area contributed by atoms with Crippen LogP contribution in [0.4, 0.5) is 0 Å². The van der Waals surface area contributed by atoms with Gasteiger partial charge in [-0.15, -0.1) is 0 Å². The lowest BCUT2D eigenvalue weighted by atomic mass is 9.96. The van der Waals surface area contributed by atoms with E-state index in [0.29, 0.717) is 12.6 Å². The van der Waals surface area contributed by atoms with Crippen molar-refractivity contribution >= 4 is 9.84 Å². The van der Waals surface area contributed by atoms with Crippen LogP contribution in [0.25, 0.3) is 0 Å². The van der Waals surface area contributed by atoms with E-state index in [1.54, 1.807) is 0 Å². The minimum atomic E-state index is -3.06. The van der Waals surface area contributed by atoms with E-state index in [1.165, 1.54) is 6.42 Å². The highest BCUT2D eigenvalue weighted by atomic mass is 32.2. The number of aliphatic hydroxyl groups excluding tert-OH is 1. The average molecular weight is 262 g/mol. The van der Waals surface area contributed by atoms with Crippen LogP contribution in [0.2, 0.25) is 0 Å². The molecule has 3 N–H and O–H groups in total. The Morgan fingerprint density at radius 1 is 1.29 bits per heavy atom. The van der Waals surface area contributed by atoms with E-state index >= 15 is 0 Å². The molecule has 2 rings (SSSR count). The molecule has 0 aromatic heterocycles. The zero-order valence-electron chi connectivity index (χ0n) is 10.1. The molecular weight excluding hydrogens is 240 g/mol. The highest BCUT2D eigenvalue weighted by Crippen LogP contribution is 2.27. The predicted molar refractivity (Wildman–Crippen MR) is 66.5 cm³/mol. The van der Waals surface area contributed by atoms with Crippen LogP contribution in [0.1, 0.15) is 25.7 Å². The van der Waals surface area contributed by atoms with Gasteiger partial charge in [0, 0.05) is 6.04 Å². The Kier molecular flexibility index (Phi) is 4.07. The van der Waals surface area contributed by atoms with E-state index in [0.717, 1.165) is 25.8 Å². The van der Waals surface area contributed by atoms with Gasteiger partial charge in [-0.1, -0.05) is 6.42 Å². The van der Waals surface area contributed by atoms with Crippen LogP contribution < -0.4 is 5.73 Å². The molecule has 2 saturated heterocycles. The molecule has 0 spiro atoms. The van der Waals surface area contributed by atoms with E-state index in [-0.39, 0.29) is 17.5 Å². The van der Waals surface area contributed by atoms with Crippen molar-refractivity contribution in [2.75, 3.05) is 24.6 Å². The smallest absolute Gasteiger partial charge is 0.154 e. The first kappa shape index (κ1) is 13.3. The van der Waals surface area contributed by atoms with Crippen LogP contribution >= 0.6 is 0 Å². The lowest BCUT2D eigenvalue weighted by Crippen LogP contribution is -2.51. The van der Waals surface area contributed by atoms with Gasteiger partial charge in [-0.25, -0.2) is 8.42 Å². The first-order valence-electron chi connectivity index (χ1n) is 6.38. The summed E-state index contributed by atoms with van der Waals surface area (Å²) in [5.41, 5.74) is 5.60. The maximum atomic E-state index is 11.5. The van der Waals surface area contributed by atoms with Crippen LogP contribution in [-0.4, -0.2) is 61.2 Å². The van der Waals surface area contributed by atoms with Gasteiger partial charge < -0.3 is 10.8 Å². The molecule has 2 heterocycles. The van der Waals surface area contributed by atoms with Gasteiger partial charge in [0.05, 0.1) is 23.7 Å². The van der Waals surface area contributed by atoms with Crippen molar-refractivity contribution in [2.24, 2.45) is 5.73 Å². The van der Waals surface area contributed by atoms with Gasteiger partial charge in [0.25, 0.3) is 0 Å². The third-order valence-corrected chi connectivity index (χ3v) is 5.59. The first-order chi connectivity index (χ1) is 8.03. The number of likely N-dealkylation sites (tertiary alicyclic amines) is 1. The molecule has 17 heavy (non-hydrogen) atoms. The zero-order chi connectivity index (χ0) is 12.5. The molecule has 0 amide bonds. The fourth-order valence-corrected chi connectivity index (χ4v) is 4.90. The molecule has 100 valence electrons. The summed E-state index contributed by atoms with van der Waals surface area (Å²) in [7, 11) is -3.06. The molecule has 0 bridgehead atoms. The summed E-state index contributed by atoms with van der Waals surface area (Å²) in [6.45, 7) is 1.51.